The molecule has 0 saturated heterocycles. The minimum atomic E-state index is 0.196. The van der Waals surface area contributed by atoms with Crippen LogP contribution >= 0.6 is 15.9 Å². The Labute approximate surface area is 123 Å². The highest BCUT2D eigenvalue weighted by Gasteiger charge is 2.13. The van der Waals surface area contributed by atoms with E-state index >= 15 is 0 Å². The Balaban J connectivity index is 2.38. The van der Waals surface area contributed by atoms with Crippen molar-refractivity contribution in [2.75, 3.05) is 6.54 Å². The number of aromatic nitrogens is 1. The van der Waals surface area contributed by atoms with E-state index in [1.54, 1.807) is 0 Å². The summed E-state index contributed by atoms with van der Waals surface area (Å²) in [7, 11) is 0. The van der Waals surface area contributed by atoms with E-state index in [1.807, 2.05) is 12.4 Å². The molecule has 0 fully saturated rings. The molecule has 2 nitrogen and oxygen atoms in total. The summed E-state index contributed by atoms with van der Waals surface area (Å²) in [6, 6.07) is 11.1. The van der Waals surface area contributed by atoms with Gasteiger partial charge in [-0.05, 0) is 51.7 Å². The number of benzene rings is 1. The van der Waals surface area contributed by atoms with Gasteiger partial charge in [0.2, 0.25) is 0 Å². The smallest absolute Gasteiger partial charge is 0.0592 e. The Morgan fingerprint density at radius 2 is 2.00 bits per heavy atom. The topological polar surface area (TPSA) is 24.9 Å². The fraction of sp³-hybridized carbons (Fsp3) is 0.312. The average molecular weight is 319 g/mol. The lowest BCUT2D eigenvalue weighted by atomic mass is 9.97. The Kier molecular flexibility index (Phi) is 5.11. The molecule has 2 rings (SSSR count). The molecule has 0 aliphatic heterocycles. The van der Waals surface area contributed by atoms with Gasteiger partial charge >= 0.3 is 0 Å². The van der Waals surface area contributed by atoms with Crippen molar-refractivity contribution in [3.05, 3.63) is 63.9 Å². The summed E-state index contributed by atoms with van der Waals surface area (Å²) in [6.45, 7) is 5.23. The molecule has 0 saturated carbocycles. The van der Waals surface area contributed by atoms with E-state index in [1.165, 1.54) is 16.7 Å². The van der Waals surface area contributed by atoms with E-state index in [9.17, 15) is 0 Å². The van der Waals surface area contributed by atoms with Gasteiger partial charge in [0.15, 0.2) is 0 Å². The number of pyridine rings is 1. The predicted molar refractivity (Wildman–Crippen MR) is 83.3 cm³/mol. The average Bonchev–Trinajstić information content (AvgIpc) is 2.45. The lowest BCUT2D eigenvalue weighted by Gasteiger charge is -2.19. The molecule has 19 heavy (non-hydrogen) atoms. The van der Waals surface area contributed by atoms with E-state index < -0.39 is 0 Å². The largest absolute Gasteiger partial charge is 0.306 e. The SMILES string of the molecule is CCNC(c1cncc(Br)c1)c1cccc(CC)c1. The van der Waals surface area contributed by atoms with Crippen LogP contribution in [0.5, 0.6) is 0 Å². The molecule has 0 aliphatic rings. The van der Waals surface area contributed by atoms with E-state index in [2.05, 4.69) is 70.4 Å². The van der Waals surface area contributed by atoms with Crippen molar-refractivity contribution in [2.45, 2.75) is 26.3 Å². The van der Waals surface area contributed by atoms with Gasteiger partial charge in [0.25, 0.3) is 0 Å². The number of rotatable bonds is 5. The number of halogens is 1. The first-order valence-electron chi connectivity index (χ1n) is 6.67. The number of nitrogens with zero attached hydrogens (tertiary/aromatic N) is 1. The van der Waals surface area contributed by atoms with Gasteiger partial charge in [0.1, 0.15) is 0 Å². The molecule has 1 unspecified atom stereocenters. The van der Waals surface area contributed by atoms with Crippen LogP contribution in [0.25, 0.3) is 0 Å². The standard InChI is InChI=1S/C16H19BrN2/c1-3-12-6-5-7-13(8-12)16(19-4-2)14-9-15(17)11-18-10-14/h5-11,16,19H,3-4H2,1-2H3. The first-order valence-corrected chi connectivity index (χ1v) is 7.46. The first kappa shape index (κ1) is 14.2. The van der Waals surface area contributed by atoms with Gasteiger partial charge < -0.3 is 5.32 Å². The molecule has 3 heteroatoms. The molecular formula is C16H19BrN2. The van der Waals surface area contributed by atoms with Crippen LogP contribution in [-0.4, -0.2) is 11.5 Å². The van der Waals surface area contributed by atoms with Crippen LogP contribution in [0.2, 0.25) is 0 Å². The summed E-state index contributed by atoms with van der Waals surface area (Å²) >= 11 is 3.49. The number of hydrogen-bond donors (Lipinski definition) is 1. The molecule has 1 atom stereocenters. The van der Waals surface area contributed by atoms with Crippen LogP contribution in [0, 0.1) is 0 Å². The molecule has 0 spiro atoms. The quantitative estimate of drug-likeness (QED) is 0.897. The van der Waals surface area contributed by atoms with E-state index in [-0.39, 0.29) is 6.04 Å². The fourth-order valence-corrected chi connectivity index (χ4v) is 2.59. The molecule has 2 aromatic rings. The lowest BCUT2D eigenvalue weighted by Crippen LogP contribution is -2.22. The highest BCUT2D eigenvalue weighted by atomic mass is 79.9. The fourth-order valence-electron chi connectivity index (χ4n) is 2.21. The van der Waals surface area contributed by atoms with Gasteiger partial charge in [-0.25, -0.2) is 0 Å². The summed E-state index contributed by atoms with van der Waals surface area (Å²) in [5.74, 6) is 0. The van der Waals surface area contributed by atoms with Gasteiger partial charge in [0, 0.05) is 16.9 Å². The van der Waals surface area contributed by atoms with Crippen LogP contribution in [0.4, 0.5) is 0 Å². The molecule has 0 bridgehead atoms. The molecule has 100 valence electrons. The van der Waals surface area contributed by atoms with Crippen molar-refractivity contribution < 1.29 is 0 Å². The molecule has 1 N–H and O–H groups in total. The van der Waals surface area contributed by atoms with E-state index in [4.69, 9.17) is 0 Å². The predicted octanol–water partition coefficient (Wildman–Crippen LogP) is 4.11. The van der Waals surface area contributed by atoms with E-state index in [0.29, 0.717) is 0 Å². The summed E-state index contributed by atoms with van der Waals surface area (Å²) in [5.41, 5.74) is 3.84. The van der Waals surface area contributed by atoms with Gasteiger partial charge in [-0.15, -0.1) is 0 Å². The minimum Gasteiger partial charge on any atom is -0.306 e. The molecular weight excluding hydrogens is 300 g/mol. The minimum absolute atomic E-state index is 0.196. The monoisotopic (exact) mass is 318 g/mol. The van der Waals surface area contributed by atoms with Gasteiger partial charge in [-0.3, -0.25) is 4.98 Å². The number of aryl methyl sites for hydroxylation is 1. The third kappa shape index (κ3) is 3.64. The van der Waals surface area contributed by atoms with Crippen molar-refractivity contribution >= 4 is 15.9 Å². The number of nitrogens with one attached hydrogen (secondary N) is 1. The highest BCUT2D eigenvalue weighted by Crippen LogP contribution is 2.24. The Morgan fingerprint density at radius 1 is 1.16 bits per heavy atom. The number of hydrogen-bond acceptors (Lipinski definition) is 2. The van der Waals surface area contributed by atoms with Crippen molar-refractivity contribution in [3.8, 4) is 0 Å². The zero-order valence-corrected chi connectivity index (χ0v) is 12.9. The zero-order valence-electron chi connectivity index (χ0n) is 11.4. The second-order valence-corrected chi connectivity index (χ2v) is 5.44. The van der Waals surface area contributed by atoms with Crippen LogP contribution in [-0.2, 0) is 6.42 Å². The van der Waals surface area contributed by atoms with E-state index in [0.717, 1.165) is 17.4 Å². The summed E-state index contributed by atoms with van der Waals surface area (Å²) in [5, 5.41) is 3.53. The molecule has 0 radical (unpaired) electrons. The van der Waals surface area contributed by atoms with Crippen molar-refractivity contribution in [3.63, 3.8) is 0 Å². The summed E-state index contributed by atoms with van der Waals surface area (Å²) in [4.78, 5) is 4.27. The van der Waals surface area contributed by atoms with Crippen LogP contribution in [0.1, 0.15) is 36.6 Å². The van der Waals surface area contributed by atoms with Gasteiger partial charge in [-0.1, -0.05) is 38.1 Å². The Bertz CT molecular complexity index is 540. The Hall–Kier alpha value is -1.19. The molecule has 0 aliphatic carbocycles. The van der Waals surface area contributed by atoms with Crippen LogP contribution < -0.4 is 5.32 Å². The molecule has 1 aromatic heterocycles. The van der Waals surface area contributed by atoms with Crippen LogP contribution in [0.3, 0.4) is 0 Å². The van der Waals surface area contributed by atoms with Gasteiger partial charge in [-0.2, -0.15) is 0 Å². The molecule has 0 amide bonds. The van der Waals surface area contributed by atoms with Crippen molar-refractivity contribution in [2.24, 2.45) is 0 Å². The molecule has 1 aromatic carbocycles. The van der Waals surface area contributed by atoms with Gasteiger partial charge in [0.05, 0.1) is 6.04 Å². The maximum absolute atomic E-state index is 4.27. The summed E-state index contributed by atoms with van der Waals surface area (Å²) in [6.07, 6.45) is 4.80. The molecule has 1 heterocycles. The maximum atomic E-state index is 4.27. The maximum Gasteiger partial charge on any atom is 0.0592 e. The summed E-state index contributed by atoms with van der Waals surface area (Å²) < 4.78 is 1.01. The highest BCUT2D eigenvalue weighted by molar-refractivity contribution is 9.10. The normalized spacial score (nSPS) is 12.4. The Morgan fingerprint density at radius 3 is 2.68 bits per heavy atom. The van der Waals surface area contributed by atoms with Crippen LogP contribution in [0.15, 0.2) is 47.2 Å². The third-order valence-corrected chi connectivity index (χ3v) is 3.59. The van der Waals surface area contributed by atoms with Crippen molar-refractivity contribution in [1.29, 1.82) is 0 Å². The third-order valence-electron chi connectivity index (χ3n) is 3.16. The van der Waals surface area contributed by atoms with Crippen molar-refractivity contribution in [1.82, 2.24) is 10.3 Å². The first-order chi connectivity index (χ1) is 9.24. The lowest BCUT2D eigenvalue weighted by molar-refractivity contribution is 0.627. The second-order valence-electron chi connectivity index (χ2n) is 4.53. The zero-order chi connectivity index (χ0) is 13.7. The second kappa shape index (κ2) is 6.83.